The highest BCUT2D eigenvalue weighted by Gasteiger charge is 2.42. The van der Waals surface area contributed by atoms with E-state index >= 15 is 0 Å². The van der Waals surface area contributed by atoms with Gasteiger partial charge in [0.25, 0.3) is 11.8 Å². The van der Waals surface area contributed by atoms with E-state index in [0.717, 1.165) is 59.7 Å². The smallest absolute Gasteiger partial charge is 0.325 e. The van der Waals surface area contributed by atoms with Crippen molar-refractivity contribution in [2.24, 2.45) is 34.5 Å². The number of nitrogens with one attached hydrogen (secondary N) is 4. The number of carboxylic acids is 1. The predicted octanol–water partition coefficient (Wildman–Crippen LogP) is 16.4. The molecule has 2 saturated heterocycles. The van der Waals surface area contributed by atoms with Crippen molar-refractivity contribution >= 4 is 181 Å². The minimum Gasteiger partial charge on any atom is -0.481 e. The summed E-state index contributed by atoms with van der Waals surface area (Å²) in [6.07, 6.45) is 6.16. The standard InChI is InChI=1S/C40H53Cl3N4O9.C36H44Cl3N3O8.C19H21NO4/c1-23(2)28(20-33(49)39(8,9)17-16-26-12-13-27-14-15-29(44-31(27)19-26)24(3)55-25(4)48)35(51)45-32(21-34(50)56-38(5,6)7)36(52)47-18-10-11-30(46-47)37(53)54-22-40(41,42)43;1-21(2)26(17-30(43)48-19-27-24-13-8-6-11-22(24)23-12-7-9-14-25(23)27)32(45)40-29(18-31(44)50-35(3,4)5)33(46)42-16-10-15-28(41-42)34(47)49-20-36(37,38)39;1-12(24-13(2)21)16-8-7-15-6-5-14(11-17(15)20-16)9-10-19(3,4)18(22)23/h12-17,19,23-24,28,30,32,46H,10-11,18,20-22H2,1-9H3,(H,45,51);6-9,11-14,21,26-29,41H,10,15-20H2,1-5H3,(H,40,45);5-12H,1-4H3,(H,22,23)/b17-16+;;10-9+/t24-,28+,30+,32+;26-,28-,29-;12-/m101/s1. The molecule has 8 atom stereocenters. The van der Waals surface area contributed by atoms with E-state index in [4.69, 9.17) is 108 Å². The number of carbonyl (C=O) groups is 13. The number of allylic oxidation sites excluding steroid dienone is 1. The lowest BCUT2D eigenvalue weighted by molar-refractivity contribution is -0.160. The van der Waals surface area contributed by atoms with E-state index in [-0.39, 0.29) is 62.0 Å². The number of pyridine rings is 2. The van der Waals surface area contributed by atoms with Crippen molar-refractivity contribution in [2.45, 2.75) is 237 Å². The van der Waals surface area contributed by atoms with Crippen molar-refractivity contribution in [1.82, 2.24) is 41.5 Å². The van der Waals surface area contributed by atoms with E-state index in [0.29, 0.717) is 42.6 Å². The first-order chi connectivity index (χ1) is 60.5. The summed E-state index contributed by atoms with van der Waals surface area (Å²) in [5, 5.41) is 18.7. The molecule has 5 N–H and O–H groups in total. The van der Waals surface area contributed by atoms with E-state index in [1.807, 2.05) is 109 Å². The minimum absolute atomic E-state index is 0.102. The van der Waals surface area contributed by atoms with Crippen molar-refractivity contribution in [3.8, 4) is 11.1 Å². The third-order valence-electron chi connectivity index (χ3n) is 21.1. The first kappa shape index (κ1) is 107. The fourth-order valence-corrected chi connectivity index (χ4v) is 14.4. The van der Waals surface area contributed by atoms with Crippen LogP contribution in [0.5, 0.6) is 0 Å². The molecule has 2 aliphatic heterocycles. The van der Waals surface area contributed by atoms with E-state index in [2.05, 4.69) is 31.5 Å². The number of halogens is 6. The molecule has 706 valence electrons. The number of aromatic nitrogens is 2. The summed E-state index contributed by atoms with van der Waals surface area (Å²) in [5.74, 6) is -10.4. The Balaban J connectivity index is 0.000000286. The second kappa shape index (κ2) is 47.0. The molecule has 0 bridgehead atoms. The number of ketones is 1. The lowest BCUT2D eigenvalue weighted by Crippen LogP contribution is -2.61. The van der Waals surface area contributed by atoms with Crippen LogP contribution < -0.4 is 21.5 Å². The van der Waals surface area contributed by atoms with Crippen LogP contribution in [0, 0.1) is 34.5 Å². The fraction of sp³-hybridized carbons (Fsp3) is 0.505. The average molecular weight is 1920 g/mol. The molecule has 2 fully saturated rings. The Labute approximate surface area is 788 Å². The van der Waals surface area contributed by atoms with Crippen LogP contribution in [-0.4, -0.2) is 178 Å². The number of carbonyl (C=O) groups excluding carboxylic acids is 12. The molecule has 29 nitrogen and oxygen atoms in total. The molecular weight excluding hydrogens is 1800 g/mol. The van der Waals surface area contributed by atoms with Gasteiger partial charge in [-0.3, -0.25) is 72.3 Å². The summed E-state index contributed by atoms with van der Waals surface area (Å²) in [5.41, 5.74) is 10.7. The van der Waals surface area contributed by atoms with Gasteiger partial charge in [0.1, 0.15) is 73.2 Å². The highest BCUT2D eigenvalue weighted by molar-refractivity contribution is 6.68. The average Bonchev–Trinajstić information content (AvgIpc) is 1.61. The molecule has 6 aromatic rings. The Morgan fingerprint density at radius 3 is 1.24 bits per heavy atom. The van der Waals surface area contributed by atoms with Crippen molar-refractivity contribution < 1.29 is 101 Å². The van der Waals surface area contributed by atoms with Crippen LogP contribution in [0.25, 0.3) is 45.1 Å². The maximum atomic E-state index is 13.9. The molecule has 0 saturated carbocycles. The molecule has 130 heavy (non-hydrogen) atoms. The lowest BCUT2D eigenvalue weighted by atomic mass is 9.79. The van der Waals surface area contributed by atoms with Crippen LogP contribution in [0.1, 0.15) is 228 Å². The first-order valence-corrected chi connectivity index (χ1v) is 45.0. The molecule has 3 aliphatic rings. The van der Waals surface area contributed by atoms with Crippen molar-refractivity contribution in [2.75, 3.05) is 32.9 Å². The second-order valence-electron chi connectivity index (χ2n) is 36.0. The third-order valence-corrected chi connectivity index (χ3v) is 21.8. The number of hydrogen-bond donors (Lipinski definition) is 5. The number of aliphatic carboxylic acids is 1. The molecule has 1 aliphatic carbocycles. The lowest BCUT2D eigenvalue weighted by Gasteiger charge is -2.35. The van der Waals surface area contributed by atoms with Crippen LogP contribution in [0.2, 0.25) is 0 Å². The molecule has 35 heteroatoms. The van der Waals surface area contributed by atoms with Gasteiger partial charge < -0.3 is 48.9 Å². The van der Waals surface area contributed by atoms with Crippen molar-refractivity contribution in [1.29, 1.82) is 0 Å². The van der Waals surface area contributed by atoms with Crippen molar-refractivity contribution in [3.05, 3.63) is 155 Å². The molecule has 0 unspecified atom stereocenters. The maximum Gasteiger partial charge on any atom is 0.325 e. The molecule has 4 aromatic carbocycles. The van der Waals surface area contributed by atoms with Gasteiger partial charge in [-0.2, -0.15) is 0 Å². The van der Waals surface area contributed by atoms with Gasteiger partial charge >= 0.3 is 47.8 Å². The number of hydrazine groups is 2. The molecule has 4 amide bonds. The fourth-order valence-electron chi connectivity index (χ4n) is 14.1. The number of esters is 7. The first-order valence-electron chi connectivity index (χ1n) is 42.8. The number of Topliss-reactive ketones (excluding diaryl/α,β-unsaturated/α-hetero) is 1. The highest BCUT2D eigenvalue weighted by Crippen LogP contribution is 2.45. The number of benzene rings is 4. The number of fused-ring (bicyclic) bond motifs is 5. The van der Waals surface area contributed by atoms with E-state index in [9.17, 15) is 62.3 Å². The van der Waals surface area contributed by atoms with Gasteiger partial charge in [-0.15, -0.1) is 0 Å². The number of rotatable bonds is 32. The van der Waals surface area contributed by atoms with Crippen LogP contribution in [0.4, 0.5) is 0 Å². The SMILES string of the molecule is CC(=O)O[C@H](C)c1ccc2ccc(/C=C/C(C)(C)C(=O)C[C@H](C(=O)N[C@@H](CC(=O)OC(C)(C)C)C(=O)N3CCC[C@@H](C(=O)OCC(Cl)(Cl)Cl)N3)C(C)C)cc2n1.CC(=O)O[C@H](C)c1ccc2ccc(/C=C/C(C)(C)C(=O)O)cc2n1.CC(C)[C@H](CC(=O)OCC1c2ccccc2-c2ccccc21)C(=O)N[C@@H](CC(=O)OC(C)(C)C)C(=O)N1CCC[C@@H](C(=O)OCC(Cl)(Cl)Cl)N1. The molecule has 4 heterocycles. The molecule has 9 rings (SSSR count). The summed E-state index contributed by atoms with van der Waals surface area (Å²) >= 11 is 34.2. The van der Waals surface area contributed by atoms with Crippen LogP contribution >= 0.6 is 69.6 Å². The summed E-state index contributed by atoms with van der Waals surface area (Å²) in [6, 6.07) is 30.2. The van der Waals surface area contributed by atoms with Gasteiger partial charge in [-0.1, -0.05) is 207 Å². The Hall–Kier alpha value is -9.85. The highest BCUT2D eigenvalue weighted by atomic mass is 35.6. The van der Waals surface area contributed by atoms with E-state index in [1.54, 1.807) is 135 Å². The third kappa shape index (κ3) is 33.8. The van der Waals surface area contributed by atoms with Gasteiger partial charge in [0.05, 0.1) is 53.0 Å². The molecule has 0 radical (unpaired) electrons. The number of nitrogens with zero attached hydrogens (tertiary/aromatic N) is 4. The predicted molar refractivity (Wildman–Crippen MR) is 496 cm³/mol. The van der Waals surface area contributed by atoms with E-state index < -0.39 is 169 Å². The second-order valence-corrected chi connectivity index (χ2v) is 41.0. The Kier molecular flexibility index (Phi) is 38.7. The number of ether oxygens (including phenoxy) is 7. The topological polar surface area (TPSA) is 387 Å². The number of hydrogen-bond acceptors (Lipinski definition) is 24. The van der Waals surface area contributed by atoms with Gasteiger partial charge in [0.2, 0.25) is 19.4 Å². The summed E-state index contributed by atoms with van der Waals surface area (Å²) in [4.78, 5) is 177. The van der Waals surface area contributed by atoms with E-state index in [1.165, 1.54) is 13.8 Å². The zero-order valence-electron chi connectivity index (χ0n) is 76.4. The zero-order chi connectivity index (χ0) is 96.9. The monoisotopic (exact) mass is 1920 g/mol. The van der Waals surface area contributed by atoms with Crippen LogP contribution in [0.3, 0.4) is 0 Å². The van der Waals surface area contributed by atoms with Gasteiger partial charge in [-0.25, -0.2) is 20.8 Å². The number of amides is 4. The number of alkyl halides is 6. The number of carboxylic acid groups (broad SMARTS) is 1. The minimum atomic E-state index is -1.82. The normalized spacial score (nSPS) is 16.4. The molecule has 2 aromatic heterocycles. The molecular formula is C95H118Cl6N8O21. The Bertz CT molecular complexity index is 5100. The summed E-state index contributed by atoms with van der Waals surface area (Å²) in [6.45, 7) is 29.7. The summed E-state index contributed by atoms with van der Waals surface area (Å²) < 4.78 is 33.6. The molecule has 0 spiro atoms. The summed E-state index contributed by atoms with van der Waals surface area (Å²) in [7, 11) is 0. The largest absolute Gasteiger partial charge is 0.481 e. The van der Waals surface area contributed by atoms with Crippen LogP contribution in [0.15, 0.2) is 121 Å². The van der Waals surface area contributed by atoms with Crippen molar-refractivity contribution in [3.63, 3.8) is 0 Å². The Morgan fingerprint density at radius 2 is 0.869 bits per heavy atom. The van der Waals surface area contributed by atoms with Gasteiger partial charge in [0, 0.05) is 61.4 Å². The maximum absolute atomic E-state index is 13.9. The quantitative estimate of drug-likeness (QED) is 0.0149. The van der Waals surface area contributed by atoms with Gasteiger partial charge in [-0.05, 0) is 178 Å². The Morgan fingerprint density at radius 1 is 0.492 bits per heavy atom. The van der Waals surface area contributed by atoms with Crippen LogP contribution in [-0.2, 0) is 95.5 Å². The zero-order valence-corrected chi connectivity index (χ0v) is 80.9. The van der Waals surface area contributed by atoms with Gasteiger partial charge in [0.15, 0.2) is 0 Å².